The monoisotopic (exact) mass is 251 g/mol. The van der Waals surface area contributed by atoms with Gasteiger partial charge in [0.15, 0.2) is 0 Å². The first-order valence-corrected chi connectivity index (χ1v) is 7.18. The van der Waals surface area contributed by atoms with E-state index in [1.54, 1.807) is 0 Å². The van der Waals surface area contributed by atoms with Crippen molar-refractivity contribution in [3.05, 3.63) is 34.9 Å². The van der Waals surface area contributed by atoms with E-state index in [-0.39, 0.29) is 0 Å². The molecule has 0 saturated carbocycles. The van der Waals surface area contributed by atoms with E-state index in [4.69, 9.17) is 11.6 Å². The molecule has 2 rings (SSSR count). The maximum Gasteiger partial charge on any atom is 0.0406 e. The number of rotatable bonds is 4. The van der Waals surface area contributed by atoms with Crippen molar-refractivity contribution in [1.29, 1.82) is 0 Å². The summed E-state index contributed by atoms with van der Waals surface area (Å²) in [5.74, 6) is 0. The van der Waals surface area contributed by atoms with Crippen LogP contribution < -0.4 is 0 Å². The number of piperidine rings is 1. The summed E-state index contributed by atoms with van der Waals surface area (Å²) >= 11 is 5.97. The second-order valence-corrected chi connectivity index (χ2v) is 5.39. The standard InChI is InChI=1S/C15H22ClN/c1-2-6-15(17-11-4-3-5-12-17)13-7-9-14(16)10-8-13/h7-10,15H,2-6,11-12H2,1H3/t15-/m0/s1. The summed E-state index contributed by atoms with van der Waals surface area (Å²) < 4.78 is 0. The lowest BCUT2D eigenvalue weighted by Gasteiger charge is -2.35. The molecule has 1 heterocycles. The lowest BCUT2D eigenvalue weighted by atomic mass is 9.98. The Hall–Kier alpha value is -0.530. The van der Waals surface area contributed by atoms with E-state index in [0.717, 1.165) is 5.02 Å². The van der Waals surface area contributed by atoms with Crippen LogP contribution >= 0.6 is 11.6 Å². The van der Waals surface area contributed by atoms with Gasteiger partial charge in [0.2, 0.25) is 0 Å². The zero-order valence-electron chi connectivity index (χ0n) is 10.7. The maximum atomic E-state index is 5.97. The minimum atomic E-state index is 0.595. The van der Waals surface area contributed by atoms with Crippen LogP contribution in [0.15, 0.2) is 24.3 Å². The van der Waals surface area contributed by atoms with E-state index in [1.165, 1.54) is 50.8 Å². The quantitative estimate of drug-likeness (QED) is 0.752. The largest absolute Gasteiger partial charge is 0.296 e. The summed E-state index contributed by atoms with van der Waals surface area (Å²) in [5.41, 5.74) is 1.43. The van der Waals surface area contributed by atoms with Gasteiger partial charge in [0.1, 0.15) is 0 Å². The van der Waals surface area contributed by atoms with E-state index >= 15 is 0 Å². The molecule has 1 atom stereocenters. The van der Waals surface area contributed by atoms with Crippen molar-refractivity contribution in [2.45, 2.75) is 45.1 Å². The van der Waals surface area contributed by atoms with Crippen molar-refractivity contribution in [3.63, 3.8) is 0 Å². The first kappa shape index (κ1) is 12.9. The molecule has 0 unspecified atom stereocenters. The molecule has 94 valence electrons. The highest BCUT2D eigenvalue weighted by Gasteiger charge is 2.21. The van der Waals surface area contributed by atoms with Crippen LogP contribution in [0, 0.1) is 0 Å². The van der Waals surface area contributed by atoms with Crippen molar-refractivity contribution >= 4 is 11.6 Å². The fourth-order valence-corrected chi connectivity index (χ4v) is 2.87. The van der Waals surface area contributed by atoms with Gasteiger partial charge >= 0.3 is 0 Å². The van der Waals surface area contributed by atoms with Crippen LogP contribution in [0.3, 0.4) is 0 Å². The highest BCUT2D eigenvalue weighted by Crippen LogP contribution is 2.29. The predicted octanol–water partition coefficient (Wildman–Crippen LogP) is 4.67. The van der Waals surface area contributed by atoms with Gasteiger partial charge in [-0.15, -0.1) is 0 Å². The molecule has 0 aliphatic carbocycles. The molecule has 1 aromatic rings. The molecule has 1 fully saturated rings. The molecular weight excluding hydrogens is 230 g/mol. The molecule has 1 aliphatic heterocycles. The molecule has 1 saturated heterocycles. The summed E-state index contributed by atoms with van der Waals surface area (Å²) in [7, 11) is 0. The van der Waals surface area contributed by atoms with Crippen molar-refractivity contribution in [1.82, 2.24) is 4.90 Å². The first-order valence-electron chi connectivity index (χ1n) is 6.81. The molecule has 0 N–H and O–H groups in total. The molecule has 0 amide bonds. The van der Waals surface area contributed by atoms with Crippen LogP contribution in [0.4, 0.5) is 0 Å². The molecular formula is C15H22ClN. The van der Waals surface area contributed by atoms with E-state index < -0.39 is 0 Å². The molecule has 1 aliphatic rings. The average molecular weight is 252 g/mol. The van der Waals surface area contributed by atoms with Crippen LogP contribution in [0.1, 0.15) is 50.6 Å². The Morgan fingerprint density at radius 2 is 1.76 bits per heavy atom. The highest BCUT2D eigenvalue weighted by molar-refractivity contribution is 6.30. The Morgan fingerprint density at radius 1 is 1.12 bits per heavy atom. The summed E-state index contributed by atoms with van der Waals surface area (Å²) in [5, 5.41) is 0.836. The molecule has 2 heteroatoms. The van der Waals surface area contributed by atoms with Gasteiger partial charge in [-0.1, -0.05) is 43.5 Å². The number of nitrogens with zero attached hydrogens (tertiary/aromatic N) is 1. The minimum Gasteiger partial charge on any atom is -0.296 e. The van der Waals surface area contributed by atoms with Crippen molar-refractivity contribution in [2.75, 3.05) is 13.1 Å². The summed E-state index contributed by atoms with van der Waals surface area (Å²) in [6.07, 6.45) is 6.60. The van der Waals surface area contributed by atoms with Gasteiger partial charge in [-0.25, -0.2) is 0 Å². The van der Waals surface area contributed by atoms with Crippen LogP contribution in [0.25, 0.3) is 0 Å². The van der Waals surface area contributed by atoms with Gasteiger partial charge < -0.3 is 0 Å². The van der Waals surface area contributed by atoms with Gasteiger partial charge in [-0.3, -0.25) is 4.90 Å². The van der Waals surface area contributed by atoms with Crippen LogP contribution in [0.2, 0.25) is 5.02 Å². The van der Waals surface area contributed by atoms with Gasteiger partial charge in [-0.05, 0) is 50.0 Å². The molecule has 0 radical (unpaired) electrons. The zero-order valence-corrected chi connectivity index (χ0v) is 11.4. The van der Waals surface area contributed by atoms with E-state index in [2.05, 4.69) is 24.0 Å². The summed E-state index contributed by atoms with van der Waals surface area (Å²) in [4.78, 5) is 2.65. The molecule has 1 nitrogen and oxygen atoms in total. The lowest BCUT2D eigenvalue weighted by molar-refractivity contribution is 0.155. The second kappa shape index (κ2) is 6.42. The topological polar surface area (TPSA) is 3.24 Å². The Morgan fingerprint density at radius 3 is 2.35 bits per heavy atom. The van der Waals surface area contributed by atoms with Crippen LogP contribution in [-0.2, 0) is 0 Å². The third kappa shape index (κ3) is 3.46. The Labute approximate surface area is 110 Å². The summed E-state index contributed by atoms with van der Waals surface area (Å²) in [6.45, 7) is 4.79. The lowest BCUT2D eigenvalue weighted by Crippen LogP contribution is -2.33. The van der Waals surface area contributed by atoms with E-state index in [1.807, 2.05) is 12.1 Å². The maximum absolute atomic E-state index is 5.97. The smallest absolute Gasteiger partial charge is 0.0406 e. The Kier molecular flexibility index (Phi) is 4.87. The van der Waals surface area contributed by atoms with Gasteiger partial charge in [0.05, 0.1) is 0 Å². The van der Waals surface area contributed by atoms with Gasteiger partial charge in [0, 0.05) is 11.1 Å². The zero-order chi connectivity index (χ0) is 12.1. The molecule has 17 heavy (non-hydrogen) atoms. The summed E-state index contributed by atoms with van der Waals surface area (Å²) in [6, 6.07) is 9.01. The number of halogens is 1. The van der Waals surface area contributed by atoms with Crippen LogP contribution in [0.5, 0.6) is 0 Å². The third-order valence-electron chi connectivity index (χ3n) is 3.65. The van der Waals surface area contributed by atoms with Crippen LogP contribution in [-0.4, -0.2) is 18.0 Å². The highest BCUT2D eigenvalue weighted by atomic mass is 35.5. The molecule has 0 bridgehead atoms. The van der Waals surface area contributed by atoms with Gasteiger partial charge in [0.25, 0.3) is 0 Å². The fourth-order valence-electron chi connectivity index (χ4n) is 2.75. The van der Waals surface area contributed by atoms with Crippen molar-refractivity contribution < 1.29 is 0 Å². The second-order valence-electron chi connectivity index (χ2n) is 4.95. The predicted molar refractivity (Wildman–Crippen MR) is 74.5 cm³/mol. The van der Waals surface area contributed by atoms with Crippen molar-refractivity contribution in [3.8, 4) is 0 Å². The van der Waals surface area contributed by atoms with Crippen molar-refractivity contribution in [2.24, 2.45) is 0 Å². The minimum absolute atomic E-state index is 0.595. The molecule has 1 aromatic carbocycles. The molecule has 0 spiro atoms. The number of hydrogen-bond acceptors (Lipinski definition) is 1. The number of benzene rings is 1. The first-order chi connectivity index (χ1) is 8.31. The van der Waals surface area contributed by atoms with E-state index in [0.29, 0.717) is 6.04 Å². The van der Waals surface area contributed by atoms with Gasteiger partial charge in [-0.2, -0.15) is 0 Å². The average Bonchev–Trinajstić information content (AvgIpc) is 2.38. The Bertz CT molecular complexity index is 327. The number of hydrogen-bond donors (Lipinski definition) is 0. The van der Waals surface area contributed by atoms with E-state index in [9.17, 15) is 0 Å². The molecule has 0 aromatic heterocycles. The SMILES string of the molecule is CCC[C@@H](c1ccc(Cl)cc1)N1CCCCC1. The normalized spacial score (nSPS) is 19.2. The fraction of sp³-hybridized carbons (Fsp3) is 0.600. The third-order valence-corrected chi connectivity index (χ3v) is 3.90. The number of likely N-dealkylation sites (tertiary alicyclic amines) is 1. The Balaban J connectivity index is 2.12.